The zero-order valence-electron chi connectivity index (χ0n) is 7.66. The lowest BCUT2D eigenvalue weighted by Gasteiger charge is -2.10. The van der Waals surface area contributed by atoms with Gasteiger partial charge in [0.25, 0.3) is 0 Å². The third-order valence-electron chi connectivity index (χ3n) is 2.67. The van der Waals surface area contributed by atoms with E-state index in [4.69, 9.17) is 11.5 Å². The van der Waals surface area contributed by atoms with E-state index in [-0.39, 0.29) is 11.8 Å². The lowest BCUT2D eigenvalue weighted by molar-refractivity contribution is 0.0999. The Morgan fingerprint density at radius 1 is 1.50 bits per heavy atom. The second-order valence-electron chi connectivity index (χ2n) is 3.53. The summed E-state index contributed by atoms with van der Waals surface area (Å²) in [6.45, 7) is 0. The molecule has 14 heavy (non-hydrogen) atoms. The van der Waals surface area contributed by atoms with E-state index in [1.54, 1.807) is 0 Å². The Kier molecular flexibility index (Phi) is 1.93. The summed E-state index contributed by atoms with van der Waals surface area (Å²) in [6, 6.07) is 2.85. The molecule has 0 saturated carbocycles. The molecular formula is C10H12N2O2. The molecule has 1 aromatic rings. The first-order valence-electron chi connectivity index (χ1n) is 4.51. The number of hydrogen-bond acceptors (Lipinski definition) is 3. The van der Waals surface area contributed by atoms with Crippen molar-refractivity contribution in [3.05, 3.63) is 28.8 Å². The lowest BCUT2D eigenvalue weighted by atomic mass is 10.00. The quantitative estimate of drug-likeness (QED) is 0.603. The van der Waals surface area contributed by atoms with Crippen LogP contribution in [-0.4, -0.2) is 11.0 Å². The van der Waals surface area contributed by atoms with Gasteiger partial charge in [-0.15, -0.1) is 0 Å². The highest BCUT2D eigenvalue weighted by Gasteiger charge is 2.26. The van der Waals surface area contributed by atoms with E-state index < -0.39 is 5.91 Å². The van der Waals surface area contributed by atoms with Gasteiger partial charge in [-0.1, -0.05) is 0 Å². The molecule has 5 N–H and O–H groups in total. The van der Waals surface area contributed by atoms with Crippen LogP contribution in [0.2, 0.25) is 0 Å². The molecule has 0 spiro atoms. The zero-order chi connectivity index (χ0) is 10.3. The number of hydrogen-bond donors (Lipinski definition) is 3. The summed E-state index contributed by atoms with van der Waals surface area (Å²) >= 11 is 0. The molecule has 1 amide bonds. The van der Waals surface area contributed by atoms with Crippen LogP contribution in [0.15, 0.2) is 12.1 Å². The first-order valence-corrected chi connectivity index (χ1v) is 4.51. The van der Waals surface area contributed by atoms with Gasteiger partial charge in [-0.2, -0.15) is 0 Å². The fourth-order valence-electron chi connectivity index (χ4n) is 2.00. The third kappa shape index (κ3) is 1.15. The number of fused-ring (bicyclic) bond motifs is 1. The highest BCUT2D eigenvalue weighted by molar-refractivity contribution is 5.95. The summed E-state index contributed by atoms with van der Waals surface area (Å²) in [6.07, 6.45) is 1.47. The first kappa shape index (κ1) is 9.02. The monoisotopic (exact) mass is 192 g/mol. The Hall–Kier alpha value is -1.55. The minimum atomic E-state index is -0.487. The molecule has 0 saturated heterocycles. The number of amides is 1. The standard InChI is InChI=1S/C10H12N2O2/c11-7-3-1-5-8(13)4-2-6(9(5)7)10(12)14/h2,4,7,13H,1,3,11H2,(H2,12,14)/t7-/m0/s1. The number of carbonyl (C=O) groups excluding carboxylic acids is 1. The van der Waals surface area contributed by atoms with Gasteiger partial charge in [0.15, 0.2) is 0 Å². The van der Waals surface area contributed by atoms with Crippen molar-refractivity contribution in [3.8, 4) is 5.75 Å². The Labute approximate surface area is 81.5 Å². The van der Waals surface area contributed by atoms with Crippen molar-refractivity contribution in [2.45, 2.75) is 18.9 Å². The fourth-order valence-corrected chi connectivity index (χ4v) is 2.00. The summed E-state index contributed by atoms with van der Waals surface area (Å²) in [7, 11) is 0. The minimum absolute atomic E-state index is 0.181. The summed E-state index contributed by atoms with van der Waals surface area (Å²) in [5.41, 5.74) is 13.0. The van der Waals surface area contributed by atoms with Gasteiger partial charge >= 0.3 is 0 Å². The molecule has 74 valence electrons. The Morgan fingerprint density at radius 3 is 2.86 bits per heavy atom. The highest BCUT2D eigenvalue weighted by atomic mass is 16.3. The third-order valence-corrected chi connectivity index (χ3v) is 2.67. The van der Waals surface area contributed by atoms with Crippen LogP contribution in [0.5, 0.6) is 5.75 Å². The molecular weight excluding hydrogens is 180 g/mol. The van der Waals surface area contributed by atoms with Gasteiger partial charge in [0.05, 0.1) is 0 Å². The number of rotatable bonds is 1. The van der Waals surface area contributed by atoms with Gasteiger partial charge in [-0.25, -0.2) is 0 Å². The van der Waals surface area contributed by atoms with Crippen LogP contribution in [0, 0.1) is 0 Å². The van der Waals surface area contributed by atoms with Crippen molar-refractivity contribution in [1.82, 2.24) is 0 Å². The molecule has 0 fully saturated rings. The number of aromatic hydroxyl groups is 1. The maximum absolute atomic E-state index is 11.1. The lowest BCUT2D eigenvalue weighted by Crippen LogP contribution is -2.17. The predicted molar refractivity (Wildman–Crippen MR) is 51.9 cm³/mol. The molecule has 1 aliphatic rings. The van der Waals surface area contributed by atoms with Crippen molar-refractivity contribution in [2.75, 3.05) is 0 Å². The van der Waals surface area contributed by atoms with E-state index >= 15 is 0 Å². The second-order valence-corrected chi connectivity index (χ2v) is 3.53. The highest BCUT2D eigenvalue weighted by Crippen LogP contribution is 2.37. The van der Waals surface area contributed by atoms with E-state index in [9.17, 15) is 9.90 Å². The second kappa shape index (κ2) is 2.99. The Morgan fingerprint density at radius 2 is 2.21 bits per heavy atom. The van der Waals surface area contributed by atoms with Crippen molar-refractivity contribution in [1.29, 1.82) is 0 Å². The molecule has 1 atom stereocenters. The van der Waals surface area contributed by atoms with Crippen LogP contribution in [0.1, 0.15) is 33.9 Å². The normalized spacial score (nSPS) is 19.4. The molecule has 0 unspecified atom stereocenters. The minimum Gasteiger partial charge on any atom is -0.508 e. The smallest absolute Gasteiger partial charge is 0.249 e. The first-order chi connectivity index (χ1) is 6.61. The van der Waals surface area contributed by atoms with E-state index in [1.165, 1.54) is 12.1 Å². The van der Waals surface area contributed by atoms with Crippen LogP contribution >= 0.6 is 0 Å². The number of primary amides is 1. The molecule has 2 rings (SSSR count). The largest absolute Gasteiger partial charge is 0.508 e. The molecule has 0 heterocycles. The van der Waals surface area contributed by atoms with E-state index in [1.807, 2.05) is 0 Å². The predicted octanol–water partition coefficient (Wildman–Crippen LogP) is 0.437. The molecule has 0 radical (unpaired) electrons. The Balaban J connectivity index is 2.66. The van der Waals surface area contributed by atoms with E-state index in [0.717, 1.165) is 17.5 Å². The summed E-state index contributed by atoms with van der Waals surface area (Å²) < 4.78 is 0. The SMILES string of the molecule is NC(=O)c1ccc(O)c2c1[C@@H](N)CC2. The van der Waals surface area contributed by atoms with Crippen molar-refractivity contribution in [3.63, 3.8) is 0 Å². The fraction of sp³-hybridized carbons (Fsp3) is 0.300. The maximum Gasteiger partial charge on any atom is 0.249 e. The van der Waals surface area contributed by atoms with Crippen LogP contribution in [0.4, 0.5) is 0 Å². The average molecular weight is 192 g/mol. The topological polar surface area (TPSA) is 89.3 Å². The van der Waals surface area contributed by atoms with Crippen molar-refractivity contribution < 1.29 is 9.90 Å². The molecule has 0 aliphatic heterocycles. The van der Waals surface area contributed by atoms with Gasteiger partial charge in [0.2, 0.25) is 5.91 Å². The number of benzene rings is 1. The summed E-state index contributed by atoms with van der Waals surface area (Å²) in [4.78, 5) is 11.1. The summed E-state index contributed by atoms with van der Waals surface area (Å²) in [5.74, 6) is -0.281. The van der Waals surface area contributed by atoms with Gasteiger partial charge in [0, 0.05) is 11.6 Å². The maximum atomic E-state index is 11.1. The number of phenolic OH excluding ortho intramolecular Hbond substituents is 1. The van der Waals surface area contributed by atoms with E-state index in [0.29, 0.717) is 12.0 Å². The van der Waals surface area contributed by atoms with Gasteiger partial charge < -0.3 is 16.6 Å². The van der Waals surface area contributed by atoms with E-state index in [2.05, 4.69) is 0 Å². The molecule has 4 heteroatoms. The molecule has 4 nitrogen and oxygen atoms in total. The van der Waals surface area contributed by atoms with Crippen molar-refractivity contribution >= 4 is 5.91 Å². The number of nitrogens with two attached hydrogens (primary N) is 2. The summed E-state index contributed by atoms with van der Waals surface area (Å²) in [5, 5.41) is 9.55. The molecule has 0 bridgehead atoms. The van der Waals surface area contributed by atoms with Crippen molar-refractivity contribution in [2.24, 2.45) is 11.5 Å². The molecule has 1 aromatic carbocycles. The van der Waals surface area contributed by atoms with Gasteiger partial charge in [-0.05, 0) is 36.1 Å². The molecule has 1 aliphatic carbocycles. The van der Waals surface area contributed by atoms with Gasteiger partial charge in [-0.3, -0.25) is 4.79 Å². The van der Waals surface area contributed by atoms with Crippen LogP contribution in [0.3, 0.4) is 0 Å². The zero-order valence-corrected chi connectivity index (χ0v) is 7.66. The molecule has 0 aromatic heterocycles. The Bertz CT molecular complexity index is 401. The van der Waals surface area contributed by atoms with Crippen LogP contribution < -0.4 is 11.5 Å². The average Bonchev–Trinajstić information content (AvgIpc) is 2.50. The van der Waals surface area contributed by atoms with Crippen LogP contribution in [0.25, 0.3) is 0 Å². The number of phenols is 1. The number of carbonyl (C=O) groups is 1. The van der Waals surface area contributed by atoms with Crippen LogP contribution in [-0.2, 0) is 6.42 Å². The van der Waals surface area contributed by atoms with Gasteiger partial charge in [0.1, 0.15) is 5.75 Å².